The summed E-state index contributed by atoms with van der Waals surface area (Å²) in [5, 5.41) is 4.44. The van der Waals surface area contributed by atoms with Crippen LogP contribution in [0.3, 0.4) is 0 Å². The Bertz CT molecular complexity index is 573. The van der Waals surface area contributed by atoms with Gasteiger partial charge in [0.05, 0.1) is 30.7 Å². The van der Waals surface area contributed by atoms with E-state index in [1.807, 2.05) is 31.5 Å². The van der Waals surface area contributed by atoms with Crippen molar-refractivity contribution >= 4 is 5.69 Å². The Balaban J connectivity index is 2.28. The third-order valence-corrected chi connectivity index (χ3v) is 3.23. The quantitative estimate of drug-likeness (QED) is 0.903. The molecule has 4 heteroatoms. The molecule has 0 unspecified atom stereocenters. The predicted molar refractivity (Wildman–Crippen MR) is 72.9 cm³/mol. The van der Waals surface area contributed by atoms with Gasteiger partial charge < -0.3 is 10.5 Å². The van der Waals surface area contributed by atoms with Crippen LogP contribution in [0.5, 0.6) is 5.75 Å². The van der Waals surface area contributed by atoms with Gasteiger partial charge in [0.1, 0.15) is 5.75 Å². The molecule has 2 rings (SSSR count). The summed E-state index contributed by atoms with van der Waals surface area (Å²) in [5.74, 6) is 0.909. The van der Waals surface area contributed by atoms with E-state index in [1.165, 1.54) is 5.56 Å². The summed E-state index contributed by atoms with van der Waals surface area (Å²) < 4.78 is 7.19. The van der Waals surface area contributed by atoms with Crippen LogP contribution in [0.15, 0.2) is 18.2 Å². The van der Waals surface area contributed by atoms with Crippen LogP contribution in [-0.4, -0.2) is 16.9 Å². The van der Waals surface area contributed by atoms with Crippen molar-refractivity contribution < 1.29 is 4.74 Å². The van der Waals surface area contributed by atoms with Crippen molar-refractivity contribution in [1.82, 2.24) is 9.78 Å². The van der Waals surface area contributed by atoms with Gasteiger partial charge in [0.15, 0.2) is 0 Å². The molecule has 0 radical (unpaired) electrons. The first-order chi connectivity index (χ1) is 8.52. The average molecular weight is 245 g/mol. The largest absolute Gasteiger partial charge is 0.496 e. The van der Waals surface area contributed by atoms with Crippen LogP contribution in [-0.2, 0) is 6.54 Å². The second-order valence-electron chi connectivity index (χ2n) is 4.55. The molecule has 0 fully saturated rings. The maximum atomic E-state index is 5.93. The van der Waals surface area contributed by atoms with Gasteiger partial charge in [-0.2, -0.15) is 5.10 Å². The summed E-state index contributed by atoms with van der Waals surface area (Å²) in [4.78, 5) is 0. The van der Waals surface area contributed by atoms with Crippen LogP contribution in [0, 0.1) is 20.8 Å². The molecular formula is C14H19N3O. The van der Waals surface area contributed by atoms with E-state index in [0.717, 1.165) is 34.9 Å². The maximum Gasteiger partial charge on any atom is 0.121 e. The minimum Gasteiger partial charge on any atom is -0.496 e. The first-order valence-electron chi connectivity index (χ1n) is 5.96. The van der Waals surface area contributed by atoms with Crippen LogP contribution in [0.4, 0.5) is 5.69 Å². The lowest BCUT2D eigenvalue weighted by Gasteiger charge is -2.08. The van der Waals surface area contributed by atoms with Crippen LogP contribution in [0.1, 0.15) is 22.5 Å². The van der Waals surface area contributed by atoms with Gasteiger partial charge in [-0.15, -0.1) is 0 Å². The van der Waals surface area contributed by atoms with Crippen LogP contribution < -0.4 is 10.5 Å². The van der Waals surface area contributed by atoms with E-state index >= 15 is 0 Å². The second kappa shape index (κ2) is 4.72. The Kier molecular flexibility index (Phi) is 3.28. The zero-order valence-electron chi connectivity index (χ0n) is 11.3. The minimum atomic E-state index is 0.731. The summed E-state index contributed by atoms with van der Waals surface area (Å²) in [5.41, 5.74) is 10.9. The molecule has 1 aromatic carbocycles. The number of nitrogen functional groups attached to an aromatic ring is 1. The zero-order chi connectivity index (χ0) is 13.3. The van der Waals surface area contributed by atoms with Crippen molar-refractivity contribution in [2.24, 2.45) is 0 Å². The smallest absolute Gasteiger partial charge is 0.121 e. The number of aryl methyl sites for hydroxylation is 2. The third kappa shape index (κ3) is 2.18. The van der Waals surface area contributed by atoms with Crippen LogP contribution >= 0.6 is 0 Å². The molecule has 0 amide bonds. The van der Waals surface area contributed by atoms with E-state index in [4.69, 9.17) is 10.5 Å². The van der Waals surface area contributed by atoms with Crippen molar-refractivity contribution in [3.05, 3.63) is 40.7 Å². The van der Waals surface area contributed by atoms with E-state index in [0.29, 0.717) is 0 Å². The van der Waals surface area contributed by atoms with Gasteiger partial charge in [0, 0.05) is 0 Å². The molecule has 0 saturated heterocycles. The fraction of sp³-hybridized carbons (Fsp3) is 0.357. The Morgan fingerprint density at radius 3 is 2.50 bits per heavy atom. The van der Waals surface area contributed by atoms with Crippen molar-refractivity contribution in [3.8, 4) is 5.75 Å². The zero-order valence-corrected chi connectivity index (χ0v) is 11.3. The van der Waals surface area contributed by atoms with Gasteiger partial charge in [-0.3, -0.25) is 4.68 Å². The van der Waals surface area contributed by atoms with E-state index in [-0.39, 0.29) is 0 Å². The highest BCUT2D eigenvalue weighted by atomic mass is 16.5. The van der Waals surface area contributed by atoms with Crippen LogP contribution in [0.2, 0.25) is 0 Å². The molecule has 4 nitrogen and oxygen atoms in total. The number of anilines is 1. The molecule has 96 valence electrons. The van der Waals surface area contributed by atoms with Crippen molar-refractivity contribution in [2.75, 3.05) is 12.8 Å². The SMILES string of the molecule is COc1ccc(Cn2nc(C)c(N)c2C)cc1C. The number of benzene rings is 1. The Labute approximate surface area is 107 Å². The van der Waals surface area contributed by atoms with Crippen molar-refractivity contribution in [2.45, 2.75) is 27.3 Å². The number of ether oxygens (including phenoxy) is 1. The summed E-state index contributed by atoms with van der Waals surface area (Å²) in [6, 6.07) is 6.16. The van der Waals surface area contributed by atoms with E-state index in [2.05, 4.69) is 17.2 Å². The number of hydrogen-bond acceptors (Lipinski definition) is 3. The maximum absolute atomic E-state index is 5.93. The molecule has 0 spiro atoms. The molecule has 0 saturated carbocycles. The molecule has 0 bridgehead atoms. The molecular weight excluding hydrogens is 226 g/mol. The number of nitrogens with zero attached hydrogens (tertiary/aromatic N) is 2. The Morgan fingerprint density at radius 1 is 1.28 bits per heavy atom. The van der Waals surface area contributed by atoms with E-state index in [1.54, 1.807) is 7.11 Å². The Morgan fingerprint density at radius 2 is 2.00 bits per heavy atom. The van der Waals surface area contributed by atoms with Gasteiger partial charge in [-0.05, 0) is 38.0 Å². The number of hydrogen-bond donors (Lipinski definition) is 1. The van der Waals surface area contributed by atoms with Gasteiger partial charge in [0.2, 0.25) is 0 Å². The second-order valence-corrected chi connectivity index (χ2v) is 4.55. The number of rotatable bonds is 3. The number of nitrogens with two attached hydrogens (primary N) is 1. The number of aromatic nitrogens is 2. The van der Waals surface area contributed by atoms with E-state index < -0.39 is 0 Å². The van der Waals surface area contributed by atoms with Crippen molar-refractivity contribution in [1.29, 1.82) is 0 Å². The topological polar surface area (TPSA) is 53.1 Å². The highest BCUT2D eigenvalue weighted by molar-refractivity contribution is 5.47. The lowest BCUT2D eigenvalue weighted by Crippen LogP contribution is -2.04. The molecule has 0 aliphatic heterocycles. The average Bonchev–Trinajstić information content (AvgIpc) is 2.57. The minimum absolute atomic E-state index is 0.731. The summed E-state index contributed by atoms with van der Waals surface area (Å²) >= 11 is 0. The van der Waals surface area contributed by atoms with Gasteiger partial charge in [-0.1, -0.05) is 12.1 Å². The van der Waals surface area contributed by atoms with Crippen molar-refractivity contribution in [3.63, 3.8) is 0 Å². The highest BCUT2D eigenvalue weighted by Crippen LogP contribution is 2.21. The standard InChI is InChI=1S/C14H19N3O/c1-9-7-12(5-6-13(9)18-4)8-17-11(3)14(15)10(2)16-17/h5-7H,8,15H2,1-4H3. The van der Waals surface area contributed by atoms with E-state index in [9.17, 15) is 0 Å². The van der Waals surface area contributed by atoms with Gasteiger partial charge in [-0.25, -0.2) is 0 Å². The monoisotopic (exact) mass is 245 g/mol. The molecule has 2 aromatic rings. The van der Waals surface area contributed by atoms with Gasteiger partial charge >= 0.3 is 0 Å². The fourth-order valence-electron chi connectivity index (χ4n) is 2.08. The van der Waals surface area contributed by atoms with Gasteiger partial charge in [0.25, 0.3) is 0 Å². The third-order valence-electron chi connectivity index (χ3n) is 3.23. The van der Waals surface area contributed by atoms with Crippen LogP contribution in [0.25, 0.3) is 0 Å². The molecule has 18 heavy (non-hydrogen) atoms. The molecule has 0 atom stereocenters. The highest BCUT2D eigenvalue weighted by Gasteiger charge is 2.09. The number of methoxy groups -OCH3 is 1. The molecule has 1 aromatic heterocycles. The molecule has 2 N–H and O–H groups in total. The fourth-order valence-corrected chi connectivity index (χ4v) is 2.08. The summed E-state index contributed by atoms with van der Waals surface area (Å²) in [6.45, 7) is 6.69. The summed E-state index contributed by atoms with van der Waals surface area (Å²) in [7, 11) is 1.68. The summed E-state index contributed by atoms with van der Waals surface area (Å²) in [6.07, 6.45) is 0. The first-order valence-corrected chi connectivity index (χ1v) is 5.96. The lowest BCUT2D eigenvalue weighted by atomic mass is 10.1. The normalized spacial score (nSPS) is 10.7. The molecule has 0 aliphatic rings. The first kappa shape index (κ1) is 12.5. The molecule has 0 aliphatic carbocycles. The predicted octanol–water partition coefficient (Wildman–Crippen LogP) is 2.45. The molecule has 1 heterocycles. The Hall–Kier alpha value is -1.97. The lowest BCUT2D eigenvalue weighted by molar-refractivity contribution is 0.411.